The molecule has 17 heavy (non-hydrogen) atoms. The van der Waals surface area contributed by atoms with Crippen LogP contribution >= 0.6 is 11.8 Å². The zero-order valence-electron chi connectivity index (χ0n) is 11.0. The molecule has 0 heterocycles. The van der Waals surface area contributed by atoms with Gasteiger partial charge >= 0.3 is 0 Å². The number of carbonyl (C=O) groups is 1. The highest BCUT2D eigenvalue weighted by molar-refractivity contribution is 7.99. The minimum atomic E-state index is 0.220. The summed E-state index contributed by atoms with van der Waals surface area (Å²) in [5.74, 6) is 1.57. The number of aldehydes is 1. The molecule has 1 rings (SSSR count). The van der Waals surface area contributed by atoms with E-state index < -0.39 is 0 Å². The van der Waals surface area contributed by atoms with Crippen LogP contribution in [0.4, 0.5) is 0 Å². The van der Waals surface area contributed by atoms with Crippen molar-refractivity contribution in [1.29, 1.82) is 0 Å². The molecule has 0 aliphatic rings. The zero-order valence-corrected chi connectivity index (χ0v) is 11.8. The Bertz CT molecular complexity index is 327. The predicted molar refractivity (Wildman–Crippen MR) is 75.4 cm³/mol. The molecule has 1 aromatic carbocycles. The first-order valence-corrected chi connectivity index (χ1v) is 7.14. The largest absolute Gasteiger partial charge is 0.303 e. The Kier molecular flexibility index (Phi) is 5.76. The predicted octanol–water partition coefficient (Wildman–Crippen LogP) is 4.42. The summed E-state index contributed by atoms with van der Waals surface area (Å²) in [4.78, 5) is 12.0. The maximum atomic E-state index is 10.7. The Morgan fingerprint density at radius 2 is 1.88 bits per heavy atom. The maximum absolute atomic E-state index is 10.7. The summed E-state index contributed by atoms with van der Waals surface area (Å²) in [6, 6.07) is 10.4. The lowest BCUT2D eigenvalue weighted by Crippen LogP contribution is -2.21. The summed E-state index contributed by atoms with van der Waals surface area (Å²) < 4.78 is 0. The number of benzene rings is 1. The molecule has 0 fully saturated rings. The van der Waals surface area contributed by atoms with E-state index >= 15 is 0 Å². The van der Waals surface area contributed by atoms with E-state index in [1.54, 1.807) is 0 Å². The lowest BCUT2D eigenvalue weighted by molar-refractivity contribution is -0.109. The summed E-state index contributed by atoms with van der Waals surface area (Å²) in [6.07, 6.45) is 2.84. The number of hydrogen-bond acceptors (Lipinski definition) is 2. The Morgan fingerprint density at radius 1 is 1.24 bits per heavy atom. The molecule has 1 nitrogen and oxygen atoms in total. The molecule has 0 aromatic heterocycles. The van der Waals surface area contributed by atoms with E-state index in [1.807, 2.05) is 17.8 Å². The Morgan fingerprint density at radius 3 is 2.41 bits per heavy atom. The Balaban J connectivity index is 2.40. The molecule has 0 saturated heterocycles. The molecular weight excluding hydrogens is 228 g/mol. The number of thioether (sulfide) groups is 1. The highest BCUT2D eigenvalue weighted by Gasteiger charge is 2.23. The van der Waals surface area contributed by atoms with Gasteiger partial charge in [-0.25, -0.2) is 0 Å². The van der Waals surface area contributed by atoms with Crippen molar-refractivity contribution < 1.29 is 4.79 Å². The minimum absolute atomic E-state index is 0.220. The second kappa shape index (κ2) is 6.85. The number of rotatable bonds is 6. The second-order valence-electron chi connectivity index (χ2n) is 5.42. The standard InChI is InChI=1S/C15H22OS/c1-15(2,3)13(9-11-16)10-12-17-14-7-5-4-6-8-14/h4-8,11,13H,9-10,12H2,1-3H3. The third-order valence-electron chi connectivity index (χ3n) is 3.08. The van der Waals surface area contributed by atoms with Crippen molar-refractivity contribution in [3.63, 3.8) is 0 Å². The third-order valence-corrected chi connectivity index (χ3v) is 4.13. The number of hydrogen-bond donors (Lipinski definition) is 0. The van der Waals surface area contributed by atoms with Crippen molar-refractivity contribution >= 4 is 18.0 Å². The fourth-order valence-corrected chi connectivity index (χ4v) is 2.84. The van der Waals surface area contributed by atoms with E-state index in [-0.39, 0.29) is 5.41 Å². The molecule has 1 atom stereocenters. The molecule has 0 aliphatic carbocycles. The van der Waals surface area contributed by atoms with Crippen LogP contribution < -0.4 is 0 Å². The molecule has 2 heteroatoms. The summed E-state index contributed by atoms with van der Waals surface area (Å²) in [5.41, 5.74) is 0.220. The molecule has 0 aliphatic heterocycles. The molecule has 0 saturated carbocycles. The quantitative estimate of drug-likeness (QED) is 0.549. The van der Waals surface area contributed by atoms with Crippen LogP contribution in [0.15, 0.2) is 35.2 Å². The number of carbonyl (C=O) groups excluding carboxylic acids is 1. The van der Waals surface area contributed by atoms with Gasteiger partial charge in [-0.3, -0.25) is 0 Å². The first kappa shape index (κ1) is 14.3. The lowest BCUT2D eigenvalue weighted by atomic mass is 9.77. The van der Waals surface area contributed by atoms with Crippen LogP contribution in [0.3, 0.4) is 0 Å². The minimum Gasteiger partial charge on any atom is -0.303 e. The summed E-state index contributed by atoms with van der Waals surface area (Å²) in [6.45, 7) is 6.65. The van der Waals surface area contributed by atoms with E-state index in [1.165, 1.54) is 4.90 Å². The van der Waals surface area contributed by atoms with Crippen LogP contribution in [0.2, 0.25) is 0 Å². The maximum Gasteiger partial charge on any atom is 0.120 e. The van der Waals surface area contributed by atoms with E-state index in [0.717, 1.165) is 18.5 Å². The fraction of sp³-hybridized carbons (Fsp3) is 0.533. The summed E-state index contributed by atoms with van der Waals surface area (Å²) >= 11 is 1.87. The van der Waals surface area contributed by atoms with E-state index in [2.05, 4.69) is 45.0 Å². The Hall–Kier alpha value is -0.760. The average molecular weight is 250 g/mol. The van der Waals surface area contributed by atoms with E-state index in [9.17, 15) is 4.79 Å². The van der Waals surface area contributed by atoms with Crippen molar-refractivity contribution in [3.8, 4) is 0 Å². The fourth-order valence-electron chi connectivity index (χ4n) is 1.86. The molecule has 0 amide bonds. The molecule has 1 unspecified atom stereocenters. The van der Waals surface area contributed by atoms with Crippen molar-refractivity contribution in [2.45, 2.75) is 38.5 Å². The molecular formula is C15H22OS. The molecule has 0 spiro atoms. The van der Waals surface area contributed by atoms with E-state index in [4.69, 9.17) is 0 Å². The molecule has 1 aromatic rings. The van der Waals surface area contributed by atoms with Gasteiger partial charge < -0.3 is 4.79 Å². The van der Waals surface area contributed by atoms with E-state index in [0.29, 0.717) is 12.3 Å². The lowest BCUT2D eigenvalue weighted by Gasteiger charge is -2.29. The van der Waals surface area contributed by atoms with Gasteiger partial charge in [0.25, 0.3) is 0 Å². The van der Waals surface area contributed by atoms with Crippen LogP contribution in [0, 0.1) is 11.3 Å². The van der Waals surface area contributed by atoms with Gasteiger partial charge in [-0.1, -0.05) is 39.0 Å². The van der Waals surface area contributed by atoms with Crippen LogP contribution in [-0.4, -0.2) is 12.0 Å². The van der Waals surface area contributed by atoms with Gasteiger partial charge in [0.1, 0.15) is 6.29 Å². The van der Waals surface area contributed by atoms with Crippen molar-refractivity contribution in [3.05, 3.63) is 30.3 Å². The highest BCUT2D eigenvalue weighted by atomic mass is 32.2. The van der Waals surface area contributed by atoms with Gasteiger partial charge in [0.15, 0.2) is 0 Å². The topological polar surface area (TPSA) is 17.1 Å². The van der Waals surface area contributed by atoms with Gasteiger partial charge in [0.2, 0.25) is 0 Å². The molecule has 94 valence electrons. The summed E-state index contributed by atoms with van der Waals surface area (Å²) in [7, 11) is 0. The zero-order chi connectivity index (χ0) is 12.7. The first-order valence-electron chi connectivity index (χ1n) is 6.15. The SMILES string of the molecule is CC(C)(C)C(CC=O)CCSc1ccccc1. The van der Waals surface area contributed by atoms with Gasteiger partial charge in [-0.15, -0.1) is 11.8 Å². The van der Waals surface area contributed by atoms with Gasteiger partial charge in [0.05, 0.1) is 0 Å². The first-order chi connectivity index (χ1) is 8.04. The normalized spacial score (nSPS) is 13.4. The van der Waals surface area contributed by atoms with Gasteiger partial charge in [-0.05, 0) is 35.6 Å². The highest BCUT2D eigenvalue weighted by Crippen LogP contribution is 2.32. The second-order valence-corrected chi connectivity index (χ2v) is 6.58. The third kappa shape index (κ3) is 5.40. The van der Waals surface area contributed by atoms with Crippen molar-refractivity contribution in [1.82, 2.24) is 0 Å². The average Bonchev–Trinajstić information content (AvgIpc) is 2.28. The summed E-state index contributed by atoms with van der Waals surface area (Å²) in [5, 5.41) is 0. The smallest absolute Gasteiger partial charge is 0.120 e. The van der Waals surface area contributed by atoms with Crippen LogP contribution in [0.5, 0.6) is 0 Å². The van der Waals surface area contributed by atoms with Crippen LogP contribution in [0.1, 0.15) is 33.6 Å². The molecule has 0 bridgehead atoms. The van der Waals surface area contributed by atoms with Crippen LogP contribution in [0.25, 0.3) is 0 Å². The van der Waals surface area contributed by atoms with Crippen molar-refractivity contribution in [2.75, 3.05) is 5.75 Å². The van der Waals surface area contributed by atoms with Crippen LogP contribution in [-0.2, 0) is 4.79 Å². The van der Waals surface area contributed by atoms with Gasteiger partial charge in [-0.2, -0.15) is 0 Å². The molecule has 0 radical (unpaired) electrons. The van der Waals surface area contributed by atoms with Crippen molar-refractivity contribution in [2.24, 2.45) is 11.3 Å². The monoisotopic (exact) mass is 250 g/mol. The molecule has 0 N–H and O–H groups in total. The Labute approximate surface area is 109 Å². The van der Waals surface area contributed by atoms with Gasteiger partial charge in [0, 0.05) is 11.3 Å².